The summed E-state index contributed by atoms with van der Waals surface area (Å²) in [6, 6.07) is 5.16. The van der Waals surface area contributed by atoms with Crippen LogP contribution in [-0.2, 0) is 9.59 Å². The second-order valence-corrected chi connectivity index (χ2v) is 5.58. The van der Waals surface area contributed by atoms with Crippen LogP contribution in [0.4, 0.5) is 5.69 Å². The molecule has 0 spiro atoms. The molecule has 1 N–H and O–H groups in total. The minimum atomic E-state index is -0.209. The monoisotopic (exact) mass is 365 g/mol. The van der Waals surface area contributed by atoms with Crippen molar-refractivity contribution in [3.8, 4) is 11.5 Å². The molecule has 0 amide bonds. The zero-order chi connectivity index (χ0) is 16.4. The van der Waals surface area contributed by atoms with Crippen molar-refractivity contribution in [1.29, 1.82) is 0 Å². The van der Waals surface area contributed by atoms with Gasteiger partial charge in [0.1, 0.15) is 5.70 Å². The molecule has 116 valence electrons. The highest BCUT2D eigenvalue weighted by Gasteiger charge is 2.29. The number of hydrogen-bond acceptors (Lipinski definition) is 5. The number of methoxy groups -OCH3 is 2. The molecule has 0 unspecified atom stereocenters. The van der Waals surface area contributed by atoms with Gasteiger partial charge in [-0.2, -0.15) is 0 Å². The molecule has 0 aromatic heterocycles. The lowest BCUT2D eigenvalue weighted by atomic mass is 9.95. The van der Waals surface area contributed by atoms with Crippen molar-refractivity contribution in [2.45, 2.75) is 13.8 Å². The van der Waals surface area contributed by atoms with Gasteiger partial charge >= 0.3 is 0 Å². The van der Waals surface area contributed by atoms with E-state index >= 15 is 0 Å². The zero-order valence-corrected chi connectivity index (χ0v) is 14.3. The first-order valence-corrected chi connectivity index (χ1v) is 7.35. The number of anilines is 1. The van der Waals surface area contributed by atoms with Crippen molar-refractivity contribution in [2.75, 3.05) is 19.5 Å². The Kier molecular flexibility index (Phi) is 4.71. The summed E-state index contributed by atoms with van der Waals surface area (Å²) in [6.45, 7) is 3.29. The topological polar surface area (TPSA) is 64.6 Å². The highest BCUT2D eigenvalue weighted by molar-refractivity contribution is 9.12. The molecular weight excluding hydrogens is 350 g/mol. The standard InChI is InChI=1S/C16H16BrNO4/c1-8-9(2)16(20)14(13(17)15(8)19)18-10-5-6-11(21-3)12(7-10)22-4/h5-7,18H,1-4H3. The number of ether oxygens (including phenoxy) is 2. The lowest BCUT2D eigenvalue weighted by Gasteiger charge is -2.19. The van der Waals surface area contributed by atoms with Crippen molar-refractivity contribution >= 4 is 33.2 Å². The van der Waals surface area contributed by atoms with Gasteiger partial charge in [0, 0.05) is 22.9 Å². The third-order valence-electron chi connectivity index (χ3n) is 3.54. The quantitative estimate of drug-likeness (QED) is 0.829. The van der Waals surface area contributed by atoms with Crippen LogP contribution in [-0.4, -0.2) is 25.8 Å². The molecule has 1 aromatic carbocycles. The van der Waals surface area contributed by atoms with Crippen LogP contribution in [0.3, 0.4) is 0 Å². The number of ketones is 2. The van der Waals surface area contributed by atoms with E-state index in [1.165, 1.54) is 7.11 Å². The molecule has 0 atom stereocenters. The number of hydrogen-bond donors (Lipinski definition) is 1. The number of rotatable bonds is 4. The Hall–Kier alpha value is -2.08. The number of Topliss-reactive ketones (excluding diaryl/α,β-unsaturated/α-hetero) is 2. The van der Waals surface area contributed by atoms with Crippen molar-refractivity contribution in [1.82, 2.24) is 0 Å². The van der Waals surface area contributed by atoms with Crippen molar-refractivity contribution in [3.05, 3.63) is 39.5 Å². The van der Waals surface area contributed by atoms with Crippen LogP contribution in [0.1, 0.15) is 13.8 Å². The molecule has 0 saturated heterocycles. The number of allylic oxidation sites excluding steroid dienone is 3. The first kappa shape index (κ1) is 16.3. The Morgan fingerprint density at radius 1 is 0.955 bits per heavy atom. The molecule has 1 aliphatic rings. The zero-order valence-electron chi connectivity index (χ0n) is 12.7. The van der Waals surface area contributed by atoms with Crippen LogP contribution in [0, 0.1) is 0 Å². The maximum atomic E-state index is 12.4. The Morgan fingerprint density at radius 2 is 1.55 bits per heavy atom. The van der Waals surface area contributed by atoms with Crippen LogP contribution >= 0.6 is 15.9 Å². The molecule has 0 fully saturated rings. The van der Waals surface area contributed by atoms with Crippen LogP contribution in [0.25, 0.3) is 0 Å². The van der Waals surface area contributed by atoms with E-state index in [4.69, 9.17) is 9.47 Å². The van der Waals surface area contributed by atoms with Gasteiger partial charge in [-0.15, -0.1) is 0 Å². The Balaban J connectivity index is 2.38. The third-order valence-corrected chi connectivity index (χ3v) is 4.30. The summed E-state index contributed by atoms with van der Waals surface area (Å²) in [4.78, 5) is 24.5. The fraction of sp³-hybridized carbons (Fsp3) is 0.250. The molecule has 0 saturated carbocycles. The predicted octanol–water partition coefficient (Wildman–Crippen LogP) is 3.21. The van der Waals surface area contributed by atoms with E-state index in [2.05, 4.69) is 21.2 Å². The molecule has 1 aliphatic carbocycles. The third kappa shape index (κ3) is 2.78. The molecule has 5 nitrogen and oxygen atoms in total. The predicted molar refractivity (Wildman–Crippen MR) is 87.5 cm³/mol. The van der Waals surface area contributed by atoms with Gasteiger partial charge in [-0.3, -0.25) is 9.59 Å². The van der Waals surface area contributed by atoms with E-state index < -0.39 is 0 Å². The molecular formula is C16H16BrNO4. The molecule has 0 bridgehead atoms. The fourth-order valence-corrected chi connectivity index (χ4v) is 2.65. The van der Waals surface area contributed by atoms with E-state index in [0.29, 0.717) is 28.3 Å². The van der Waals surface area contributed by atoms with E-state index in [0.717, 1.165) is 0 Å². The lowest BCUT2D eigenvalue weighted by Crippen LogP contribution is -2.23. The van der Waals surface area contributed by atoms with Gasteiger partial charge in [-0.05, 0) is 41.9 Å². The first-order chi connectivity index (χ1) is 10.4. The van der Waals surface area contributed by atoms with E-state index in [9.17, 15) is 9.59 Å². The van der Waals surface area contributed by atoms with Crippen molar-refractivity contribution < 1.29 is 19.1 Å². The summed E-state index contributed by atoms with van der Waals surface area (Å²) in [7, 11) is 3.08. The highest BCUT2D eigenvalue weighted by atomic mass is 79.9. The van der Waals surface area contributed by atoms with Crippen molar-refractivity contribution in [2.24, 2.45) is 0 Å². The number of carbonyl (C=O) groups is 2. The summed E-state index contributed by atoms with van der Waals surface area (Å²) in [5.41, 5.74) is 1.74. The normalized spacial score (nSPS) is 15.3. The van der Waals surface area contributed by atoms with Crippen LogP contribution in [0.15, 0.2) is 39.5 Å². The number of benzene rings is 1. The molecule has 0 aliphatic heterocycles. The minimum absolute atomic E-state index is 0.194. The van der Waals surface area contributed by atoms with Gasteiger partial charge in [-0.25, -0.2) is 0 Å². The van der Waals surface area contributed by atoms with Gasteiger partial charge < -0.3 is 14.8 Å². The molecule has 0 radical (unpaired) electrons. The summed E-state index contributed by atoms with van der Waals surface area (Å²) < 4.78 is 10.6. The summed E-state index contributed by atoms with van der Waals surface area (Å²) >= 11 is 3.21. The minimum Gasteiger partial charge on any atom is -0.493 e. The first-order valence-electron chi connectivity index (χ1n) is 6.56. The maximum absolute atomic E-state index is 12.4. The summed E-state index contributed by atoms with van der Waals surface area (Å²) in [5, 5.41) is 2.98. The van der Waals surface area contributed by atoms with Gasteiger partial charge in [0.2, 0.25) is 5.78 Å². The van der Waals surface area contributed by atoms with Crippen LogP contribution in [0.2, 0.25) is 0 Å². The Labute approximate surface area is 137 Å². The van der Waals surface area contributed by atoms with Gasteiger partial charge in [0.25, 0.3) is 0 Å². The lowest BCUT2D eigenvalue weighted by molar-refractivity contribution is -0.115. The second-order valence-electron chi connectivity index (χ2n) is 4.79. The number of halogens is 1. The Morgan fingerprint density at radius 3 is 2.14 bits per heavy atom. The fourth-order valence-electron chi connectivity index (χ4n) is 2.08. The Bertz CT molecular complexity index is 719. The van der Waals surface area contributed by atoms with Gasteiger partial charge in [0.05, 0.1) is 18.7 Å². The van der Waals surface area contributed by atoms with Crippen LogP contribution in [0.5, 0.6) is 11.5 Å². The second kappa shape index (κ2) is 6.36. The summed E-state index contributed by atoms with van der Waals surface area (Å²) in [6.07, 6.45) is 0. The van der Waals surface area contributed by atoms with Gasteiger partial charge in [0.15, 0.2) is 17.3 Å². The van der Waals surface area contributed by atoms with Crippen LogP contribution < -0.4 is 14.8 Å². The average molecular weight is 366 g/mol. The number of nitrogens with one attached hydrogen (secondary N) is 1. The molecule has 22 heavy (non-hydrogen) atoms. The molecule has 0 heterocycles. The van der Waals surface area contributed by atoms with Gasteiger partial charge in [-0.1, -0.05) is 0 Å². The van der Waals surface area contributed by atoms with Crippen molar-refractivity contribution in [3.63, 3.8) is 0 Å². The average Bonchev–Trinajstić information content (AvgIpc) is 2.54. The molecule has 2 rings (SSSR count). The van der Waals surface area contributed by atoms with E-state index in [1.54, 1.807) is 39.2 Å². The number of carbonyl (C=O) groups excluding carboxylic acids is 2. The van der Waals surface area contributed by atoms with E-state index in [1.807, 2.05) is 0 Å². The maximum Gasteiger partial charge on any atom is 0.206 e. The molecule has 1 aromatic rings. The molecule has 6 heteroatoms. The largest absolute Gasteiger partial charge is 0.493 e. The summed E-state index contributed by atoms with van der Waals surface area (Å²) in [5.74, 6) is 0.708. The smallest absolute Gasteiger partial charge is 0.206 e. The SMILES string of the molecule is COc1ccc(NC2=C(Br)C(=O)C(C)=C(C)C2=O)cc1OC. The highest BCUT2D eigenvalue weighted by Crippen LogP contribution is 2.33. The van der Waals surface area contributed by atoms with E-state index in [-0.39, 0.29) is 21.7 Å².